The Morgan fingerprint density at radius 1 is 1.19 bits per heavy atom. The molecule has 3 nitrogen and oxygen atoms in total. The van der Waals surface area contributed by atoms with E-state index in [4.69, 9.17) is 27.9 Å². The minimum Gasteiger partial charge on any atom is -0.489 e. The first-order valence-corrected chi connectivity index (χ1v) is 7.37. The molecule has 0 unspecified atom stereocenters. The van der Waals surface area contributed by atoms with Crippen LogP contribution in [0.5, 0.6) is 5.75 Å². The Morgan fingerprint density at radius 2 is 2.05 bits per heavy atom. The summed E-state index contributed by atoms with van der Waals surface area (Å²) < 4.78 is 5.85. The average molecular weight is 322 g/mol. The summed E-state index contributed by atoms with van der Waals surface area (Å²) in [7, 11) is 0. The number of amides is 1. The molecule has 1 N–H and O–H groups in total. The van der Waals surface area contributed by atoms with Gasteiger partial charge in [-0.15, -0.1) is 0 Å². The van der Waals surface area contributed by atoms with Crippen molar-refractivity contribution in [2.75, 3.05) is 6.54 Å². The van der Waals surface area contributed by atoms with Crippen LogP contribution in [0.3, 0.4) is 0 Å². The molecule has 1 aliphatic rings. The first kappa shape index (κ1) is 14.2. The van der Waals surface area contributed by atoms with E-state index in [9.17, 15) is 4.79 Å². The van der Waals surface area contributed by atoms with Crippen LogP contribution < -0.4 is 10.1 Å². The summed E-state index contributed by atoms with van der Waals surface area (Å²) in [6.45, 7) is 0.974. The van der Waals surface area contributed by atoms with Crippen molar-refractivity contribution in [3.05, 3.63) is 63.1 Å². The highest BCUT2D eigenvalue weighted by Crippen LogP contribution is 2.27. The van der Waals surface area contributed by atoms with Crippen LogP contribution in [-0.2, 0) is 13.0 Å². The first-order valence-electron chi connectivity index (χ1n) is 6.62. The lowest BCUT2D eigenvalue weighted by Crippen LogP contribution is -2.32. The van der Waals surface area contributed by atoms with Crippen LogP contribution in [0.2, 0.25) is 10.0 Å². The maximum atomic E-state index is 11.8. The zero-order valence-electron chi connectivity index (χ0n) is 11.2. The summed E-state index contributed by atoms with van der Waals surface area (Å²) in [5.74, 6) is 0.680. The highest BCUT2D eigenvalue weighted by Gasteiger charge is 2.19. The molecule has 1 amide bonds. The van der Waals surface area contributed by atoms with Crippen molar-refractivity contribution in [2.45, 2.75) is 13.0 Å². The van der Waals surface area contributed by atoms with Crippen molar-refractivity contribution in [1.82, 2.24) is 5.32 Å². The molecular weight excluding hydrogens is 309 g/mol. The second kappa shape index (κ2) is 5.96. The van der Waals surface area contributed by atoms with E-state index in [-0.39, 0.29) is 5.91 Å². The highest BCUT2D eigenvalue weighted by atomic mass is 35.5. The van der Waals surface area contributed by atoms with Gasteiger partial charge in [-0.25, -0.2) is 0 Å². The molecular formula is C16H13Cl2NO2. The Balaban J connectivity index is 1.83. The van der Waals surface area contributed by atoms with E-state index in [1.54, 1.807) is 12.1 Å². The first-order chi connectivity index (χ1) is 10.1. The highest BCUT2D eigenvalue weighted by molar-refractivity contribution is 6.35. The minimum absolute atomic E-state index is 0.0498. The molecule has 0 aliphatic carbocycles. The van der Waals surface area contributed by atoms with Gasteiger partial charge in [0.2, 0.25) is 0 Å². The van der Waals surface area contributed by atoms with E-state index in [0.717, 1.165) is 23.3 Å². The van der Waals surface area contributed by atoms with Crippen LogP contribution in [0.4, 0.5) is 0 Å². The molecule has 3 rings (SSSR count). The van der Waals surface area contributed by atoms with Crippen LogP contribution >= 0.6 is 23.2 Å². The van der Waals surface area contributed by atoms with Gasteiger partial charge >= 0.3 is 0 Å². The number of halogens is 2. The molecule has 21 heavy (non-hydrogen) atoms. The Morgan fingerprint density at radius 3 is 2.86 bits per heavy atom. The monoisotopic (exact) mass is 321 g/mol. The third-order valence-corrected chi connectivity index (χ3v) is 4.02. The lowest BCUT2D eigenvalue weighted by atomic mass is 9.99. The molecule has 0 radical (unpaired) electrons. The van der Waals surface area contributed by atoms with Gasteiger partial charge in [0.15, 0.2) is 0 Å². The normalized spacial score (nSPS) is 13.5. The molecule has 0 atom stereocenters. The largest absolute Gasteiger partial charge is 0.489 e. The fraction of sp³-hybridized carbons (Fsp3) is 0.188. The number of rotatable bonds is 3. The van der Waals surface area contributed by atoms with Crippen LogP contribution in [0.1, 0.15) is 21.5 Å². The van der Waals surface area contributed by atoms with Crippen LogP contribution in [0.15, 0.2) is 36.4 Å². The van der Waals surface area contributed by atoms with E-state index < -0.39 is 0 Å². The quantitative estimate of drug-likeness (QED) is 0.932. The lowest BCUT2D eigenvalue weighted by Gasteiger charge is -2.20. The summed E-state index contributed by atoms with van der Waals surface area (Å²) >= 11 is 12.0. The second-order valence-corrected chi connectivity index (χ2v) is 5.66. The number of ether oxygens (including phenoxy) is 1. The Labute approximate surface area is 132 Å². The fourth-order valence-corrected chi connectivity index (χ4v) is 2.83. The fourth-order valence-electron chi connectivity index (χ4n) is 2.36. The standard InChI is InChI=1S/C16H13Cl2NO2/c17-11-5-4-10(14(18)8-11)9-21-15-3-1-2-13-12(15)6-7-19-16(13)20/h1-5,8H,6-7,9H2,(H,19,20). The van der Waals surface area contributed by atoms with Crippen molar-refractivity contribution in [3.8, 4) is 5.75 Å². The van der Waals surface area contributed by atoms with Crippen molar-refractivity contribution in [1.29, 1.82) is 0 Å². The Hall–Kier alpha value is -1.71. The summed E-state index contributed by atoms with van der Waals surface area (Å²) in [6, 6.07) is 10.8. The summed E-state index contributed by atoms with van der Waals surface area (Å²) in [5.41, 5.74) is 2.49. The molecule has 0 aromatic heterocycles. The molecule has 2 aromatic carbocycles. The van der Waals surface area contributed by atoms with E-state index in [1.807, 2.05) is 24.3 Å². The lowest BCUT2D eigenvalue weighted by molar-refractivity contribution is 0.0945. The van der Waals surface area contributed by atoms with E-state index in [0.29, 0.717) is 28.8 Å². The zero-order chi connectivity index (χ0) is 14.8. The van der Waals surface area contributed by atoms with Gasteiger partial charge in [0.25, 0.3) is 5.91 Å². The molecule has 108 valence electrons. The second-order valence-electron chi connectivity index (χ2n) is 4.81. The molecule has 0 saturated carbocycles. The third-order valence-electron chi connectivity index (χ3n) is 3.44. The number of nitrogens with one attached hydrogen (secondary N) is 1. The van der Waals surface area contributed by atoms with E-state index in [2.05, 4.69) is 5.32 Å². The van der Waals surface area contributed by atoms with Gasteiger partial charge < -0.3 is 10.1 Å². The molecule has 0 fully saturated rings. The SMILES string of the molecule is O=C1NCCc2c(OCc3ccc(Cl)cc3Cl)cccc21. The predicted molar refractivity (Wildman–Crippen MR) is 83.3 cm³/mol. The Kier molecular flexibility index (Phi) is 4.04. The summed E-state index contributed by atoms with van der Waals surface area (Å²) in [4.78, 5) is 11.8. The molecule has 0 saturated heterocycles. The zero-order valence-corrected chi connectivity index (χ0v) is 12.7. The van der Waals surface area contributed by atoms with Crippen molar-refractivity contribution in [3.63, 3.8) is 0 Å². The maximum absolute atomic E-state index is 11.8. The molecule has 1 heterocycles. The number of hydrogen-bond acceptors (Lipinski definition) is 2. The third kappa shape index (κ3) is 2.99. The van der Waals surface area contributed by atoms with Crippen molar-refractivity contribution in [2.24, 2.45) is 0 Å². The van der Waals surface area contributed by atoms with E-state index in [1.165, 1.54) is 0 Å². The van der Waals surface area contributed by atoms with Gasteiger partial charge in [0, 0.05) is 33.3 Å². The molecule has 0 bridgehead atoms. The Bertz CT molecular complexity index is 701. The molecule has 0 spiro atoms. The van der Waals surface area contributed by atoms with Gasteiger partial charge in [0.1, 0.15) is 12.4 Å². The molecule has 1 aliphatic heterocycles. The maximum Gasteiger partial charge on any atom is 0.251 e. The summed E-state index contributed by atoms with van der Waals surface area (Å²) in [5, 5.41) is 3.99. The topological polar surface area (TPSA) is 38.3 Å². The molecule has 5 heteroatoms. The van der Waals surface area contributed by atoms with Gasteiger partial charge in [0.05, 0.1) is 0 Å². The van der Waals surface area contributed by atoms with Gasteiger partial charge in [-0.2, -0.15) is 0 Å². The predicted octanol–water partition coefficient (Wildman–Crippen LogP) is 3.86. The van der Waals surface area contributed by atoms with Crippen LogP contribution in [0.25, 0.3) is 0 Å². The summed E-state index contributed by atoms with van der Waals surface area (Å²) in [6.07, 6.45) is 0.769. The number of carbonyl (C=O) groups is 1. The van der Waals surface area contributed by atoms with Crippen molar-refractivity contribution < 1.29 is 9.53 Å². The number of fused-ring (bicyclic) bond motifs is 1. The van der Waals surface area contributed by atoms with Crippen LogP contribution in [-0.4, -0.2) is 12.5 Å². The van der Waals surface area contributed by atoms with Crippen molar-refractivity contribution >= 4 is 29.1 Å². The number of benzene rings is 2. The number of carbonyl (C=O) groups excluding carboxylic acids is 1. The van der Waals surface area contributed by atoms with Crippen LogP contribution in [0, 0.1) is 0 Å². The van der Waals surface area contributed by atoms with Gasteiger partial charge in [-0.05, 0) is 30.7 Å². The van der Waals surface area contributed by atoms with Gasteiger partial charge in [-0.3, -0.25) is 4.79 Å². The van der Waals surface area contributed by atoms with E-state index >= 15 is 0 Å². The smallest absolute Gasteiger partial charge is 0.251 e. The number of hydrogen-bond donors (Lipinski definition) is 1. The van der Waals surface area contributed by atoms with Gasteiger partial charge in [-0.1, -0.05) is 35.3 Å². The minimum atomic E-state index is -0.0498. The average Bonchev–Trinajstić information content (AvgIpc) is 2.47. The molecule has 2 aromatic rings.